The molecule has 3 aliphatic rings. The molecule has 1 aromatic heterocycles. The zero-order valence-corrected chi connectivity index (χ0v) is 21.2. The third kappa shape index (κ3) is 6.07. The number of hydrogen-bond acceptors (Lipinski definition) is 6. The van der Waals surface area contributed by atoms with Gasteiger partial charge in [0.05, 0.1) is 12.7 Å². The van der Waals surface area contributed by atoms with Gasteiger partial charge in [-0.3, -0.25) is 9.69 Å². The molecule has 194 valence electrons. The summed E-state index contributed by atoms with van der Waals surface area (Å²) < 4.78 is 11.9. The minimum absolute atomic E-state index is 0.0116. The summed E-state index contributed by atoms with van der Waals surface area (Å²) in [4.78, 5) is 19.3. The molecule has 1 aromatic carbocycles. The van der Waals surface area contributed by atoms with Crippen LogP contribution in [0.5, 0.6) is 0 Å². The van der Waals surface area contributed by atoms with Gasteiger partial charge in [-0.15, -0.1) is 0 Å². The molecule has 0 saturated carbocycles. The highest BCUT2D eigenvalue weighted by molar-refractivity contribution is 5.76. The average Bonchev–Trinajstić information content (AvgIpc) is 3.59. The van der Waals surface area contributed by atoms with E-state index in [1.165, 1.54) is 12.0 Å². The van der Waals surface area contributed by atoms with Crippen molar-refractivity contribution in [3.05, 3.63) is 58.8 Å². The number of unbranched alkanes of at least 4 members (excludes halogenated alkanes) is 1. The van der Waals surface area contributed by atoms with Crippen LogP contribution in [0.2, 0.25) is 0 Å². The maximum atomic E-state index is 12.4. The number of carboxylic acid groups (broad SMARTS) is 1. The summed E-state index contributed by atoms with van der Waals surface area (Å²) in [6, 6.07) is 11.7. The number of carboxylic acids is 1. The number of ether oxygens (including phenoxy) is 2. The van der Waals surface area contributed by atoms with Crippen LogP contribution in [0.25, 0.3) is 0 Å². The van der Waals surface area contributed by atoms with E-state index >= 15 is 0 Å². The molecular formula is C29H39N3O4. The number of anilines is 1. The van der Waals surface area contributed by atoms with E-state index in [4.69, 9.17) is 14.5 Å². The topological polar surface area (TPSA) is 83.9 Å². The molecular weight excluding hydrogens is 454 g/mol. The first-order valence-electron chi connectivity index (χ1n) is 13.7. The van der Waals surface area contributed by atoms with Crippen molar-refractivity contribution in [1.29, 1.82) is 0 Å². The fourth-order valence-electron chi connectivity index (χ4n) is 5.86. The second-order valence-corrected chi connectivity index (χ2v) is 10.4. The maximum Gasteiger partial charge on any atom is 0.325 e. The Balaban J connectivity index is 1.06. The fourth-order valence-corrected chi connectivity index (χ4v) is 5.86. The van der Waals surface area contributed by atoms with E-state index < -0.39 is 12.0 Å². The first-order valence-corrected chi connectivity index (χ1v) is 13.7. The second-order valence-electron chi connectivity index (χ2n) is 10.4. The highest BCUT2D eigenvalue weighted by Crippen LogP contribution is 2.37. The van der Waals surface area contributed by atoms with Crippen LogP contribution < -0.4 is 5.32 Å². The zero-order chi connectivity index (χ0) is 24.7. The van der Waals surface area contributed by atoms with Crippen molar-refractivity contribution < 1.29 is 19.4 Å². The summed E-state index contributed by atoms with van der Waals surface area (Å²) in [7, 11) is 0. The monoisotopic (exact) mass is 493 g/mol. The summed E-state index contributed by atoms with van der Waals surface area (Å²) in [6.07, 6.45) is 8.31. The first kappa shape index (κ1) is 25.2. The van der Waals surface area contributed by atoms with Crippen molar-refractivity contribution in [3.8, 4) is 0 Å². The molecule has 2 N–H and O–H groups in total. The summed E-state index contributed by atoms with van der Waals surface area (Å²) in [5.74, 6) is 0.655. The predicted octanol–water partition coefficient (Wildman–Crippen LogP) is 4.78. The Labute approximate surface area is 214 Å². The number of nitrogens with zero attached hydrogens (tertiary/aromatic N) is 2. The molecule has 0 spiro atoms. The molecule has 4 heterocycles. The van der Waals surface area contributed by atoms with Crippen LogP contribution >= 0.6 is 0 Å². The van der Waals surface area contributed by atoms with Crippen molar-refractivity contribution in [2.24, 2.45) is 5.92 Å². The lowest BCUT2D eigenvalue weighted by Crippen LogP contribution is -2.33. The molecule has 0 bridgehead atoms. The van der Waals surface area contributed by atoms with Gasteiger partial charge in [-0.25, -0.2) is 4.98 Å². The quantitative estimate of drug-likeness (QED) is 0.436. The molecule has 3 atom stereocenters. The van der Waals surface area contributed by atoms with Gasteiger partial charge >= 0.3 is 5.97 Å². The van der Waals surface area contributed by atoms with Crippen molar-refractivity contribution in [1.82, 2.24) is 9.88 Å². The minimum atomic E-state index is -0.784. The Morgan fingerprint density at radius 1 is 1.19 bits per heavy atom. The van der Waals surface area contributed by atoms with E-state index in [-0.39, 0.29) is 6.10 Å². The van der Waals surface area contributed by atoms with Crippen LogP contribution in [-0.2, 0) is 27.1 Å². The van der Waals surface area contributed by atoms with Crippen LogP contribution in [0.3, 0.4) is 0 Å². The molecule has 7 heteroatoms. The molecule has 2 aromatic rings. The summed E-state index contributed by atoms with van der Waals surface area (Å²) in [5.41, 5.74) is 4.40. The third-order valence-electron chi connectivity index (χ3n) is 7.76. The van der Waals surface area contributed by atoms with Crippen molar-refractivity contribution in [2.45, 2.75) is 63.5 Å². The van der Waals surface area contributed by atoms with Gasteiger partial charge in [0.1, 0.15) is 11.9 Å². The molecule has 0 aliphatic carbocycles. The Morgan fingerprint density at radius 2 is 2.11 bits per heavy atom. The van der Waals surface area contributed by atoms with Gasteiger partial charge in [0.25, 0.3) is 0 Å². The lowest BCUT2D eigenvalue weighted by molar-refractivity contribution is -0.143. The number of aromatic nitrogens is 1. The normalized spacial score (nSPS) is 22.8. The van der Waals surface area contributed by atoms with Crippen molar-refractivity contribution in [2.75, 3.05) is 44.8 Å². The number of aliphatic carboxylic acids is 1. The number of hydrogen-bond donors (Lipinski definition) is 2. The zero-order valence-electron chi connectivity index (χ0n) is 21.2. The van der Waals surface area contributed by atoms with Gasteiger partial charge < -0.3 is 19.9 Å². The Hall–Kier alpha value is -2.48. The van der Waals surface area contributed by atoms with Crippen LogP contribution in [0, 0.1) is 5.92 Å². The minimum Gasteiger partial charge on any atom is -0.480 e. The number of rotatable bonds is 11. The molecule has 7 nitrogen and oxygen atoms in total. The number of pyridine rings is 1. The molecule has 2 fully saturated rings. The van der Waals surface area contributed by atoms with E-state index in [9.17, 15) is 9.90 Å². The van der Waals surface area contributed by atoms with E-state index in [1.807, 2.05) is 24.3 Å². The highest BCUT2D eigenvalue weighted by Gasteiger charge is 2.36. The average molecular weight is 494 g/mol. The number of benzene rings is 1. The van der Waals surface area contributed by atoms with E-state index in [1.54, 1.807) is 0 Å². The fraction of sp³-hybridized carbons (Fsp3) is 0.586. The van der Waals surface area contributed by atoms with E-state index in [0.29, 0.717) is 12.5 Å². The van der Waals surface area contributed by atoms with Gasteiger partial charge in [0, 0.05) is 32.0 Å². The second kappa shape index (κ2) is 12.2. The van der Waals surface area contributed by atoms with E-state index in [0.717, 1.165) is 100 Å². The highest BCUT2D eigenvalue weighted by atomic mass is 16.5. The summed E-state index contributed by atoms with van der Waals surface area (Å²) in [6.45, 7) is 4.73. The van der Waals surface area contributed by atoms with Gasteiger partial charge in [0.2, 0.25) is 0 Å². The Bertz CT molecular complexity index is 1020. The van der Waals surface area contributed by atoms with Crippen molar-refractivity contribution >= 4 is 11.8 Å². The van der Waals surface area contributed by atoms with Crippen LogP contribution in [0.1, 0.15) is 73.1 Å². The number of carbonyl (C=O) groups is 1. The maximum absolute atomic E-state index is 12.4. The van der Waals surface area contributed by atoms with Gasteiger partial charge in [-0.05, 0) is 86.6 Å². The van der Waals surface area contributed by atoms with Gasteiger partial charge in [-0.2, -0.15) is 0 Å². The van der Waals surface area contributed by atoms with E-state index in [2.05, 4.69) is 22.3 Å². The largest absolute Gasteiger partial charge is 0.480 e. The van der Waals surface area contributed by atoms with Crippen LogP contribution in [0.15, 0.2) is 36.4 Å². The molecule has 3 aliphatic heterocycles. The smallest absolute Gasteiger partial charge is 0.325 e. The lowest BCUT2D eigenvalue weighted by atomic mass is 9.94. The molecule has 1 unspecified atom stereocenters. The van der Waals surface area contributed by atoms with Crippen molar-refractivity contribution in [3.63, 3.8) is 0 Å². The Morgan fingerprint density at radius 3 is 2.97 bits per heavy atom. The molecule has 0 amide bonds. The van der Waals surface area contributed by atoms with Crippen LogP contribution in [0.4, 0.5) is 5.82 Å². The number of likely N-dealkylation sites (tertiary alicyclic amines) is 1. The predicted molar refractivity (Wildman–Crippen MR) is 139 cm³/mol. The SMILES string of the molecule is O=C(O)[C@@H](c1ccccc1C1CCCO1)N1CC[C@@H](COCCCCc2ccc3c(n2)NCCC3)C1. The first-order chi connectivity index (χ1) is 17.7. The molecule has 2 saturated heterocycles. The number of fused-ring (bicyclic) bond motifs is 1. The Kier molecular flexibility index (Phi) is 8.51. The summed E-state index contributed by atoms with van der Waals surface area (Å²) in [5, 5.41) is 13.6. The number of aryl methyl sites for hydroxylation is 2. The molecule has 0 radical (unpaired) electrons. The number of nitrogens with one attached hydrogen (secondary N) is 1. The molecule has 5 rings (SSSR count). The van der Waals surface area contributed by atoms with Gasteiger partial charge in [-0.1, -0.05) is 30.3 Å². The molecule has 36 heavy (non-hydrogen) atoms. The summed E-state index contributed by atoms with van der Waals surface area (Å²) >= 11 is 0. The third-order valence-corrected chi connectivity index (χ3v) is 7.76. The lowest BCUT2D eigenvalue weighted by Gasteiger charge is -2.28. The standard InChI is InChI=1S/C29H39N3O4/c33-29(34)27(25-10-2-1-9-24(25)26-11-6-18-36-26)32-16-14-21(19-32)20-35-17-4-3-8-23-13-12-22-7-5-15-30-28(22)31-23/h1-2,9-10,12-13,21,26-27H,3-8,11,14-20H2,(H,30,31)(H,33,34)/t21-,26?,27-/m1/s1. The van der Waals surface area contributed by atoms with Gasteiger partial charge in [0.15, 0.2) is 0 Å². The van der Waals surface area contributed by atoms with Crippen LogP contribution in [-0.4, -0.2) is 60.4 Å².